The maximum absolute atomic E-state index is 12.6. The summed E-state index contributed by atoms with van der Waals surface area (Å²) in [5.74, 6) is -0.286. The van der Waals surface area contributed by atoms with Gasteiger partial charge < -0.3 is 0 Å². The summed E-state index contributed by atoms with van der Waals surface area (Å²) < 4.78 is 26.5. The Hall–Kier alpha value is 0.240. The minimum atomic E-state index is -0.148. The van der Waals surface area contributed by atoms with Gasteiger partial charge in [-0.25, -0.2) is 8.78 Å². The fourth-order valence-corrected chi connectivity index (χ4v) is 2.82. The van der Waals surface area contributed by atoms with Gasteiger partial charge in [-0.3, -0.25) is 0 Å². The van der Waals surface area contributed by atoms with Crippen molar-refractivity contribution in [3.05, 3.63) is 66.3 Å². The Morgan fingerprint density at radius 3 is 1.89 bits per heavy atom. The van der Waals surface area contributed by atoms with E-state index in [1.165, 1.54) is 12.1 Å². The van der Waals surface area contributed by atoms with Crippen LogP contribution < -0.4 is 0 Å². The number of hydrogen-bond acceptors (Lipinski definition) is 0. The molecule has 2 aromatic carbocycles. The highest BCUT2D eigenvalue weighted by Crippen LogP contribution is 2.14. The number of aryl methyl sites for hydroxylation is 1. The van der Waals surface area contributed by atoms with Crippen molar-refractivity contribution in [2.45, 2.75) is 12.3 Å². The molecule has 0 saturated carbocycles. The van der Waals surface area contributed by atoms with Crippen molar-refractivity contribution in [3.8, 4) is 0 Å². The van der Waals surface area contributed by atoms with Crippen LogP contribution in [0.3, 0.4) is 0 Å². The van der Waals surface area contributed by atoms with Crippen LogP contribution in [0.25, 0.3) is 0 Å². The third-order valence-corrected chi connectivity index (χ3v) is 4.51. The molecule has 0 spiro atoms. The van der Waals surface area contributed by atoms with E-state index >= 15 is 0 Å². The van der Waals surface area contributed by atoms with E-state index in [4.69, 9.17) is 0 Å². The lowest BCUT2D eigenvalue weighted by Gasteiger charge is -1.96. The van der Waals surface area contributed by atoms with Crippen molar-refractivity contribution in [2.75, 3.05) is 0 Å². The standard InChI is InChI=1S/C7H5BrFI.C7H6FI/c8-4-5-1-2-6(9)7(10)3-5;1-5-2-3-6(8)7(9)4-5/h1-3H,4H2;2-4H,1H3. The van der Waals surface area contributed by atoms with Crippen LogP contribution in [0.15, 0.2) is 36.4 Å². The topological polar surface area (TPSA) is 0 Å². The summed E-state index contributed by atoms with van der Waals surface area (Å²) in [5.41, 5.74) is 2.20. The summed E-state index contributed by atoms with van der Waals surface area (Å²) in [6.45, 7) is 1.95. The monoisotopic (exact) mass is 550 g/mol. The molecule has 0 aliphatic carbocycles. The molecule has 0 unspecified atom stereocenters. The van der Waals surface area contributed by atoms with Crippen LogP contribution in [0.5, 0.6) is 0 Å². The van der Waals surface area contributed by atoms with Crippen LogP contribution in [-0.2, 0) is 5.33 Å². The zero-order valence-corrected chi connectivity index (χ0v) is 16.0. The summed E-state index contributed by atoms with van der Waals surface area (Å²) in [5, 5.41) is 0.781. The molecule has 2 rings (SSSR count). The molecule has 0 saturated heterocycles. The van der Waals surface area contributed by atoms with Gasteiger partial charge in [-0.05, 0) is 87.5 Å². The van der Waals surface area contributed by atoms with E-state index in [1.807, 2.05) is 64.2 Å². The molecule has 0 fully saturated rings. The smallest absolute Gasteiger partial charge is 0.136 e. The van der Waals surface area contributed by atoms with Gasteiger partial charge in [-0.15, -0.1) is 0 Å². The van der Waals surface area contributed by atoms with Crippen molar-refractivity contribution < 1.29 is 8.78 Å². The summed E-state index contributed by atoms with van der Waals surface area (Å²) in [6.07, 6.45) is 0. The highest BCUT2D eigenvalue weighted by atomic mass is 127. The Kier molecular flexibility index (Phi) is 7.74. The Morgan fingerprint density at radius 2 is 1.47 bits per heavy atom. The van der Waals surface area contributed by atoms with Crippen LogP contribution >= 0.6 is 61.1 Å². The molecule has 19 heavy (non-hydrogen) atoms. The molecule has 0 aliphatic rings. The van der Waals surface area contributed by atoms with Crippen molar-refractivity contribution in [1.82, 2.24) is 0 Å². The van der Waals surface area contributed by atoms with Gasteiger partial charge in [0.05, 0.1) is 0 Å². The van der Waals surface area contributed by atoms with Crippen molar-refractivity contribution in [3.63, 3.8) is 0 Å². The molecule has 0 aliphatic heterocycles. The van der Waals surface area contributed by atoms with Gasteiger partial charge >= 0.3 is 0 Å². The highest BCUT2D eigenvalue weighted by Gasteiger charge is 1.97. The highest BCUT2D eigenvalue weighted by molar-refractivity contribution is 14.1. The van der Waals surface area contributed by atoms with Crippen molar-refractivity contribution >= 4 is 61.1 Å². The molecule has 0 bridgehead atoms. The van der Waals surface area contributed by atoms with E-state index in [2.05, 4.69) is 15.9 Å². The zero-order valence-electron chi connectivity index (χ0n) is 10.1. The molecule has 5 heteroatoms. The van der Waals surface area contributed by atoms with Crippen LogP contribution in [-0.4, -0.2) is 0 Å². The first-order valence-electron chi connectivity index (χ1n) is 5.35. The van der Waals surface area contributed by atoms with E-state index in [-0.39, 0.29) is 11.6 Å². The molecular weight excluding hydrogens is 540 g/mol. The lowest BCUT2D eigenvalue weighted by molar-refractivity contribution is 0.619. The molecule has 0 atom stereocenters. The zero-order chi connectivity index (χ0) is 14.4. The maximum Gasteiger partial charge on any atom is 0.136 e. The molecular formula is C14H11BrF2I2. The number of halogens is 5. The molecule has 0 N–H and O–H groups in total. The minimum absolute atomic E-state index is 0.138. The number of alkyl halides is 1. The van der Waals surface area contributed by atoms with E-state index in [9.17, 15) is 8.78 Å². The summed E-state index contributed by atoms with van der Waals surface area (Å²) in [7, 11) is 0. The van der Waals surface area contributed by atoms with Crippen molar-refractivity contribution in [2.24, 2.45) is 0 Å². The normalized spacial score (nSPS) is 9.79. The quantitative estimate of drug-likeness (QED) is 0.299. The predicted octanol–water partition coefficient (Wildman–Crippen LogP) is 6.06. The Labute approximate surface area is 147 Å². The van der Waals surface area contributed by atoms with Gasteiger partial charge in [0.2, 0.25) is 0 Å². The molecule has 0 nitrogen and oxygen atoms in total. The molecule has 0 amide bonds. The molecule has 2 aromatic rings. The lowest BCUT2D eigenvalue weighted by Crippen LogP contribution is -1.83. The molecule has 0 heterocycles. The van der Waals surface area contributed by atoms with Crippen LogP contribution in [0.2, 0.25) is 0 Å². The third kappa shape index (κ3) is 6.03. The first-order chi connectivity index (χ1) is 8.93. The van der Waals surface area contributed by atoms with E-state index < -0.39 is 0 Å². The van der Waals surface area contributed by atoms with Crippen LogP contribution in [0.4, 0.5) is 8.78 Å². The van der Waals surface area contributed by atoms with E-state index in [1.54, 1.807) is 12.1 Å². The Bertz CT molecular complexity index is 559. The van der Waals surface area contributed by atoms with E-state index in [0.717, 1.165) is 16.5 Å². The fraction of sp³-hybridized carbons (Fsp3) is 0.143. The largest absolute Gasteiger partial charge is 0.206 e. The second-order valence-electron chi connectivity index (χ2n) is 3.80. The number of hydrogen-bond donors (Lipinski definition) is 0. The van der Waals surface area contributed by atoms with Gasteiger partial charge in [0.25, 0.3) is 0 Å². The summed E-state index contributed by atoms with van der Waals surface area (Å²) in [4.78, 5) is 0. The van der Waals surface area contributed by atoms with Crippen LogP contribution in [0.1, 0.15) is 11.1 Å². The molecule has 0 radical (unpaired) electrons. The number of rotatable bonds is 1. The summed E-state index contributed by atoms with van der Waals surface area (Å²) in [6, 6.07) is 10.1. The first-order valence-corrected chi connectivity index (χ1v) is 8.63. The third-order valence-electron chi connectivity index (χ3n) is 2.21. The second kappa shape index (κ2) is 8.51. The van der Waals surface area contributed by atoms with Gasteiger partial charge in [0, 0.05) is 12.5 Å². The number of benzene rings is 2. The molecule has 102 valence electrons. The minimum Gasteiger partial charge on any atom is -0.206 e. The predicted molar refractivity (Wildman–Crippen MR) is 95.6 cm³/mol. The van der Waals surface area contributed by atoms with E-state index in [0.29, 0.717) is 7.14 Å². The SMILES string of the molecule is Cc1ccc(F)c(I)c1.Fc1ccc(CBr)cc1I. The van der Waals surface area contributed by atoms with Gasteiger partial charge in [0.15, 0.2) is 0 Å². The van der Waals surface area contributed by atoms with Crippen LogP contribution in [0, 0.1) is 25.7 Å². The average molecular weight is 551 g/mol. The molecule has 0 aromatic heterocycles. The Balaban J connectivity index is 0.000000191. The van der Waals surface area contributed by atoms with Crippen molar-refractivity contribution in [1.29, 1.82) is 0 Å². The Morgan fingerprint density at radius 1 is 0.947 bits per heavy atom. The summed E-state index contributed by atoms with van der Waals surface area (Å²) >= 11 is 7.24. The van der Waals surface area contributed by atoms with Gasteiger partial charge in [-0.1, -0.05) is 28.1 Å². The van der Waals surface area contributed by atoms with Gasteiger partial charge in [-0.2, -0.15) is 0 Å². The average Bonchev–Trinajstić information content (AvgIpc) is 2.38. The lowest BCUT2D eigenvalue weighted by atomic mass is 10.2. The maximum atomic E-state index is 12.6. The fourth-order valence-electron chi connectivity index (χ4n) is 1.22. The first kappa shape index (κ1) is 17.3. The van der Waals surface area contributed by atoms with Gasteiger partial charge in [0.1, 0.15) is 11.6 Å². The second-order valence-corrected chi connectivity index (χ2v) is 6.68.